The lowest BCUT2D eigenvalue weighted by Gasteiger charge is -2.40. The highest BCUT2D eigenvalue weighted by Gasteiger charge is 2.32. The fourth-order valence-electron chi connectivity index (χ4n) is 2.85. The molecular formula is C14H24N2O4. The summed E-state index contributed by atoms with van der Waals surface area (Å²) in [6, 6.07) is 0.0300. The van der Waals surface area contributed by atoms with Gasteiger partial charge < -0.3 is 19.6 Å². The molecule has 3 atom stereocenters. The lowest BCUT2D eigenvalue weighted by molar-refractivity contribution is -0.141. The third kappa shape index (κ3) is 3.62. The molecule has 6 heteroatoms. The van der Waals surface area contributed by atoms with Crippen LogP contribution in [0.15, 0.2) is 0 Å². The van der Waals surface area contributed by atoms with Crippen molar-refractivity contribution in [2.75, 3.05) is 32.8 Å². The molecule has 0 spiro atoms. The maximum Gasteiger partial charge on any atom is 0.320 e. The first-order chi connectivity index (χ1) is 9.47. The van der Waals surface area contributed by atoms with Gasteiger partial charge in [-0.1, -0.05) is 13.8 Å². The molecule has 20 heavy (non-hydrogen) atoms. The van der Waals surface area contributed by atoms with E-state index in [-0.39, 0.29) is 18.6 Å². The Balaban J connectivity index is 1.90. The molecule has 2 aliphatic heterocycles. The van der Waals surface area contributed by atoms with E-state index in [2.05, 4.69) is 13.8 Å². The van der Waals surface area contributed by atoms with Crippen molar-refractivity contribution in [2.24, 2.45) is 11.8 Å². The average Bonchev–Trinajstić information content (AvgIpc) is 2.40. The first-order valence-corrected chi connectivity index (χ1v) is 7.34. The molecule has 1 N–H and O–H groups in total. The molecule has 0 radical (unpaired) electrons. The summed E-state index contributed by atoms with van der Waals surface area (Å²) >= 11 is 0. The Morgan fingerprint density at radius 1 is 1.15 bits per heavy atom. The highest BCUT2D eigenvalue weighted by Crippen LogP contribution is 2.23. The number of urea groups is 1. The zero-order chi connectivity index (χ0) is 14.7. The summed E-state index contributed by atoms with van der Waals surface area (Å²) < 4.78 is 5.40. The van der Waals surface area contributed by atoms with Crippen LogP contribution >= 0.6 is 0 Å². The van der Waals surface area contributed by atoms with Gasteiger partial charge in [-0.05, 0) is 18.3 Å². The number of carboxylic acid groups (broad SMARTS) is 1. The van der Waals surface area contributed by atoms with Gasteiger partial charge >= 0.3 is 12.0 Å². The van der Waals surface area contributed by atoms with Crippen LogP contribution in [-0.2, 0) is 9.53 Å². The van der Waals surface area contributed by atoms with Crippen molar-refractivity contribution >= 4 is 12.0 Å². The average molecular weight is 284 g/mol. The molecule has 6 nitrogen and oxygen atoms in total. The van der Waals surface area contributed by atoms with E-state index in [0.717, 1.165) is 19.5 Å². The van der Waals surface area contributed by atoms with Gasteiger partial charge in [0.2, 0.25) is 0 Å². The largest absolute Gasteiger partial charge is 0.481 e. The number of hydrogen-bond acceptors (Lipinski definition) is 3. The van der Waals surface area contributed by atoms with Gasteiger partial charge in [0.25, 0.3) is 0 Å². The molecule has 2 rings (SSSR count). The summed E-state index contributed by atoms with van der Waals surface area (Å²) in [4.78, 5) is 26.8. The second kappa shape index (κ2) is 6.43. The number of piperidine rings is 1. The standard InChI is InChI=1S/C14H24N2O4/c1-10-3-4-15(8-11(10)2)14(19)16-5-6-20-12(9-16)7-13(17)18/h10-12H,3-9H2,1-2H3,(H,17,18). The molecule has 2 saturated heterocycles. The Bertz CT molecular complexity index is 374. The molecule has 0 bridgehead atoms. The molecule has 2 amide bonds. The second-order valence-corrected chi connectivity index (χ2v) is 6.01. The number of nitrogens with zero attached hydrogens (tertiary/aromatic N) is 2. The summed E-state index contributed by atoms with van der Waals surface area (Å²) in [7, 11) is 0. The Labute approximate surface area is 119 Å². The molecule has 0 aromatic heterocycles. The quantitative estimate of drug-likeness (QED) is 0.828. The SMILES string of the molecule is CC1CCN(C(=O)N2CCOC(CC(=O)O)C2)CC1C. The molecule has 114 valence electrons. The second-order valence-electron chi connectivity index (χ2n) is 6.01. The van der Waals surface area contributed by atoms with Crippen LogP contribution in [-0.4, -0.2) is 65.8 Å². The van der Waals surface area contributed by atoms with Crippen molar-refractivity contribution in [3.05, 3.63) is 0 Å². The minimum atomic E-state index is -0.885. The zero-order valence-electron chi connectivity index (χ0n) is 12.2. The molecule has 2 fully saturated rings. The minimum Gasteiger partial charge on any atom is -0.481 e. The van der Waals surface area contributed by atoms with Crippen molar-refractivity contribution < 1.29 is 19.4 Å². The zero-order valence-corrected chi connectivity index (χ0v) is 12.2. The maximum absolute atomic E-state index is 12.5. The first kappa shape index (κ1) is 15.1. The van der Waals surface area contributed by atoms with Crippen LogP contribution in [0.25, 0.3) is 0 Å². The number of rotatable bonds is 2. The molecule has 0 aliphatic carbocycles. The lowest BCUT2D eigenvalue weighted by Crippen LogP contribution is -2.54. The Hall–Kier alpha value is -1.30. The number of carbonyl (C=O) groups excluding carboxylic acids is 1. The Morgan fingerprint density at radius 2 is 1.85 bits per heavy atom. The third-order valence-electron chi connectivity index (χ3n) is 4.42. The van der Waals surface area contributed by atoms with Gasteiger partial charge in [0.05, 0.1) is 19.1 Å². The van der Waals surface area contributed by atoms with Crippen LogP contribution in [0.2, 0.25) is 0 Å². The highest BCUT2D eigenvalue weighted by molar-refractivity contribution is 5.75. The summed E-state index contributed by atoms with van der Waals surface area (Å²) in [5.74, 6) is 0.289. The molecule has 0 saturated carbocycles. The summed E-state index contributed by atoms with van der Waals surface area (Å²) in [5, 5.41) is 8.81. The van der Waals surface area contributed by atoms with E-state index in [9.17, 15) is 9.59 Å². The van der Waals surface area contributed by atoms with E-state index < -0.39 is 5.97 Å². The predicted molar refractivity (Wildman–Crippen MR) is 73.5 cm³/mol. The van der Waals surface area contributed by atoms with Crippen molar-refractivity contribution in [1.82, 2.24) is 9.80 Å². The number of aliphatic carboxylic acids is 1. The van der Waals surface area contributed by atoms with Gasteiger partial charge in [0.1, 0.15) is 0 Å². The summed E-state index contributed by atoms with van der Waals surface area (Å²) in [6.45, 7) is 7.34. The van der Waals surface area contributed by atoms with E-state index in [1.165, 1.54) is 0 Å². The van der Waals surface area contributed by atoms with Crippen LogP contribution in [0, 0.1) is 11.8 Å². The monoisotopic (exact) mass is 284 g/mol. The smallest absolute Gasteiger partial charge is 0.320 e. The van der Waals surface area contributed by atoms with Crippen LogP contribution < -0.4 is 0 Å². The van der Waals surface area contributed by atoms with E-state index in [0.29, 0.717) is 31.5 Å². The molecule has 2 heterocycles. The fraction of sp³-hybridized carbons (Fsp3) is 0.857. The summed E-state index contributed by atoms with van der Waals surface area (Å²) in [5.41, 5.74) is 0. The number of hydrogen-bond donors (Lipinski definition) is 1. The van der Waals surface area contributed by atoms with Crippen LogP contribution in [0.1, 0.15) is 26.7 Å². The predicted octanol–water partition coefficient (Wildman–Crippen LogP) is 1.26. The lowest BCUT2D eigenvalue weighted by atomic mass is 9.89. The van der Waals surface area contributed by atoms with Crippen molar-refractivity contribution in [2.45, 2.75) is 32.8 Å². The van der Waals surface area contributed by atoms with E-state index >= 15 is 0 Å². The highest BCUT2D eigenvalue weighted by atomic mass is 16.5. The molecule has 3 unspecified atom stereocenters. The van der Waals surface area contributed by atoms with E-state index in [1.54, 1.807) is 4.90 Å². The number of carbonyl (C=O) groups is 2. The number of amides is 2. The van der Waals surface area contributed by atoms with Gasteiger partial charge in [0.15, 0.2) is 0 Å². The number of morpholine rings is 1. The molecule has 2 aliphatic rings. The Kier molecular flexibility index (Phi) is 4.86. The first-order valence-electron chi connectivity index (χ1n) is 7.34. The van der Waals surface area contributed by atoms with E-state index in [4.69, 9.17) is 9.84 Å². The molecule has 0 aromatic carbocycles. The number of likely N-dealkylation sites (tertiary alicyclic amines) is 1. The van der Waals surface area contributed by atoms with Crippen LogP contribution in [0.4, 0.5) is 4.79 Å². The van der Waals surface area contributed by atoms with Crippen LogP contribution in [0.3, 0.4) is 0 Å². The minimum absolute atomic E-state index is 0.0300. The number of ether oxygens (including phenoxy) is 1. The van der Waals surface area contributed by atoms with Gasteiger partial charge in [-0.2, -0.15) is 0 Å². The van der Waals surface area contributed by atoms with Gasteiger partial charge in [-0.3, -0.25) is 4.79 Å². The van der Waals surface area contributed by atoms with Crippen LogP contribution in [0.5, 0.6) is 0 Å². The number of carboxylic acids is 1. The normalized spacial score (nSPS) is 31.2. The van der Waals surface area contributed by atoms with Crippen molar-refractivity contribution in [3.63, 3.8) is 0 Å². The Morgan fingerprint density at radius 3 is 2.50 bits per heavy atom. The third-order valence-corrected chi connectivity index (χ3v) is 4.42. The van der Waals surface area contributed by atoms with E-state index in [1.807, 2.05) is 4.90 Å². The van der Waals surface area contributed by atoms with Crippen molar-refractivity contribution in [1.29, 1.82) is 0 Å². The maximum atomic E-state index is 12.5. The fourth-order valence-corrected chi connectivity index (χ4v) is 2.85. The van der Waals surface area contributed by atoms with Gasteiger partial charge in [0, 0.05) is 26.2 Å². The molecular weight excluding hydrogens is 260 g/mol. The van der Waals surface area contributed by atoms with Gasteiger partial charge in [-0.25, -0.2) is 4.79 Å². The van der Waals surface area contributed by atoms with Crippen molar-refractivity contribution in [3.8, 4) is 0 Å². The summed E-state index contributed by atoms with van der Waals surface area (Å²) in [6.07, 6.45) is 0.610. The van der Waals surface area contributed by atoms with Gasteiger partial charge in [-0.15, -0.1) is 0 Å². The molecule has 0 aromatic rings. The topological polar surface area (TPSA) is 70.1 Å².